The Labute approximate surface area is 274 Å². The number of halogens is 1. The molecule has 1 aliphatic heterocycles. The van der Waals surface area contributed by atoms with E-state index in [-0.39, 0.29) is 12.2 Å². The van der Waals surface area contributed by atoms with Gasteiger partial charge in [0.25, 0.3) is 15.0 Å². The second-order valence-corrected chi connectivity index (χ2v) is 16.8. The van der Waals surface area contributed by atoms with E-state index in [0.29, 0.717) is 23.5 Å². The van der Waals surface area contributed by atoms with Crippen LogP contribution >= 0.6 is 15.0 Å². The average molecular weight is 708 g/mol. The summed E-state index contributed by atoms with van der Waals surface area (Å²) in [6, 6.07) is -1.93. The van der Waals surface area contributed by atoms with Crippen LogP contribution in [0.25, 0.3) is 11.2 Å². The van der Waals surface area contributed by atoms with Gasteiger partial charge in [-0.1, -0.05) is 6.92 Å². The predicted molar refractivity (Wildman–Crippen MR) is 173 cm³/mol. The zero-order chi connectivity index (χ0) is 35.3. The van der Waals surface area contributed by atoms with E-state index in [4.69, 9.17) is 23.3 Å². The largest absolute Gasteiger partial charge is 0.462 e. The average Bonchev–Trinajstić information content (AvgIpc) is 3.49. The van der Waals surface area contributed by atoms with Gasteiger partial charge in [-0.15, -0.1) is 0 Å². The van der Waals surface area contributed by atoms with Crippen LogP contribution in [0.1, 0.15) is 61.6 Å². The second-order valence-electron chi connectivity index (χ2n) is 12.4. The van der Waals surface area contributed by atoms with Crippen LogP contribution < -0.4 is 15.5 Å². The van der Waals surface area contributed by atoms with E-state index in [1.165, 1.54) is 51.3 Å². The first kappa shape index (κ1) is 38.9. The number of alkyl halides is 1. The molecule has 19 heteroatoms. The van der Waals surface area contributed by atoms with Crippen molar-refractivity contribution in [3.05, 3.63) is 12.7 Å². The minimum absolute atomic E-state index is 0.300. The highest BCUT2D eigenvalue weighted by Gasteiger charge is 2.56. The zero-order valence-electron chi connectivity index (χ0n) is 28.6. The van der Waals surface area contributed by atoms with Crippen LogP contribution in [-0.4, -0.2) is 101 Å². The van der Waals surface area contributed by atoms with Crippen LogP contribution in [0.3, 0.4) is 0 Å². The number of hydrogen-bond acceptors (Lipinski definition) is 13. The first-order valence-electron chi connectivity index (χ1n) is 15.4. The van der Waals surface area contributed by atoms with Crippen LogP contribution in [0, 0.1) is 5.41 Å². The number of aromatic nitrogens is 4. The molecule has 2 aromatic rings. The molecule has 0 amide bonds. The van der Waals surface area contributed by atoms with Gasteiger partial charge in [0.15, 0.2) is 29.4 Å². The van der Waals surface area contributed by atoms with Crippen molar-refractivity contribution >= 4 is 44.0 Å². The number of imidazole rings is 1. The Morgan fingerprint density at radius 1 is 0.979 bits per heavy atom. The highest BCUT2D eigenvalue weighted by molar-refractivity contribution is 7.56. The van der Waals surface area contributed by atoms with Gasteiger partial charge in [0, 0.05) is 19.9 Å². The van der Waals surface area contributed by atoms with Gasteiger partial charge < -0.3 is 28.6 Å². The summed E-state index contributed by atoms with van der Waals surface area (Å²) in [6.07, 6.45) is -2.26. The third-order valence-electron chi connectivity index (χ3n) is 7.26. The van der Waals surface area contributed by atoms with E-state index in [1.54, 1.807) is 27.7 Å². The van der Waals surface area contributed by atoms with Gasteiger partial charge in [-0.25, -0.2) is 29.5 Å². The van der Waals surface area contributed by atoms with Crippen LogP contribution in [0.4, 0.5) is 10.2 Å². The third kappa shape index (κ3) is 10.0. The molecular weight excluding hydrogens is 659 g/mol. The highest BCUT2D eigenvalue weighted by Crippen LogP contribution is 2.51. The van der Waals surface area contributed by atoms with Crippen LogP contribution in [0.2, 0.25) is 0 Å². The number of rotatable bonds is 17. The maximum absolute atomic E-state index is 16.7. The highest BCUT2D eigenvalue weighted by atomic mass is 31.2. The number of nitrogens with one attached hydrogen (secondary N) is 3. The molecule has 3 heterocycles. The maximum Gasteiger partial charge on any atom is 0.323 e. The first-order chi connectivity index (χ1) is 21.8. The number of hydrogen-bond donors (Lipinski definition) is 3. The van der Waals surface area contributed by atoms with E-state index in [0.717, 1.165) is 0 Å². The van der Waals surface area contributed by atoms with Gasteiger partial charge in [-0.2, -0.15) is 0 Å². The van der Waals surface area contributed by atoms with Crippen molar-refractivity contribution in [2.75, 3.05) is 38.4 Å². The van der Waals surface area contributed by atoms with E-state index in [2.05, 4.69) is 30.4 Å². The molecular formula is C28H48FN7O9P2. The van der Waals surface area contributed by atoms with Gasteiger partial charge in [-0.05, 0) is 48.5 Å². The molecule has 0 bridgehead atoms. The molecule has 8 atom stereocenters. The van der Waals surface area contributed by atoms with Gasteiger partial charge >= 0.3 is 11.9 Å². The second kappa shape index (κ2) is 15.8. The molecule has 1 saturated heterocycles. The molecule has 0 aliphatic carbocycles. The summed E-state index contributed by atoms with van der Waals surface area (Å²) >= 11 is 0. The van der Waals surface area contributed by atoms with Crippen molar-refractivity contribution in [2.45, 2.75) is 98.2 Å². The van der Waals surface area contributed by atoms with Crippen molar-refractivity contribution in [2.24, 2.45) is 5.41 Å². The topological polar surface area (TPSA) is 194 Å². The Hall–Kier alpha value is -2.52. The Morgan fingerprint density at radius 3 is 2.06 bits per heavy atom. The van der Waals surface area contributed by atoms with Crippen molar-refractivity contribution in [1.82, 2.24) is 29.7 Å². The first-order valence-corrected chi connectivity index (χ1v) is 19.6. The third-order valence-corrected chi connectivity index (χ3v) is 10.2. The minimum Gasteiger partial charge on any atom is -0.462 e. The molecule has 3 N–H and O–H groups in total. The predicted octanol–water partition coefficient (Wildman–Crippen LogP) is 4.04. The van der Waals surface area contributed by atoms with Gasteiger partial charge in [0.2, 0.25) is 0 Å². The molecule has 1 fully saturated rings. The fraction of sp³-hybridized carbons (Fsp3) is 0.750. The Bertz CT molecular complexity index is 1500. The summed E-state index contributed by atoms with van der Waals surface area (Å²) in [5.41, 5.74) is -0.832. The van der Waals surface area contributed by atoms with Crippen molar-refractivity contribution in [3.63, 3.8) is 0 Å². The molecule has 3 unspecified atom stereocenters. The maximum atomic E-state index is 16.7. The van der Waals surface area contributed by atoms with Crippen molar-refractivity contribution < 1.29 is 46.4 Å². The van der Waals surface area contributed by atoms with Gasteiger partial charge in [-0.3, -0.25) is 23.3 Å². The smallest absolute Gasteiger partial charge is 0.323 e. The van der Waals surface area contributed by atoms with Crippen molar-refractivity contribution in [3.8, 4) is 0 Å². The number of carbonyl (C=O) groups is 2. The van der Waals surface area contributed by atoms with E-state index >= 15 is 4.39 Å². The lowest BCUT2D eigenvalue weighted by atomic mass is 9.82. The molecule has 0 radical (unpaired) electrons. The van der Waals surface area contributed by atoms with Crippen molar-refractivity contribution in [1.29, 1.82) is 0 Å². The number of carbonyl (C=O) groups excluding carboxylic acids is 2. The quantitative estimate of drug-likeness (QED) is 0.157. The van der Waals surface area contributed by atoms with E-state index in [9.17, 15) is 18.7 Å². The fourth-order valence-corrected chi connectivity index (χ4v) is 7.58. The Kier molecular flexibility index (Phi) is 13.1. The van der Waals surface area contributed by atoms with Gasteiger partial charge in [0.05, 0.1) is 43.3 Å². The summed E-state index contributed by atoms with van der Waals surface area (Å²) in [4.78, 5) is 37.5. The SMILES string of the molecule is CCNc1ncnc2c1ncn2[C@@H]1O[C@H](COP(C)(=O)N[C@@H](C)C(=O)OC(C)C)[C@](C)(COP(C)(=O)N[C@@H](C)C(=O)OC(C)C)C1F. The standard InChI is InChI=1S/C28H48FN7O9P2/c1-11-30-23-21-24(32-14-31-23)36(15-33-21)25-22(29)28(8,13-42-47(10,40)35-19(7)27(38)44-17(4)5)20(45-25)12-41-46(9,39)34-18(6)26(37)43-16(2)3/h14-20,22,25H,11-13H2,1-10H3,(H,34,39)(H,35,40)(H,30,31,32)/t18-,19-,20+,22?,25+,28-,46?,47?/m0/s1. The fourth-order valence-electron chi connectivity index (χ4n) is 4.86. The summed E-state index contributed by atoms with van der Waals surface area (Å²) < 4.78 is 72.9. The lowest BCUT2D eigenvalue weighted by molar-refractivity contribution is -0.149. The Balaban J connectivity index is 1.87. The molecule has 2 aromatic heterocycles. The molecule has 0 aromatic carbocycles. The molecule has 1 aliphatic rings. The van der Waals surface area contributed by atoms with Crippen LogP contribution in [-0.2, 0) is 42.0 Å². The summed E-state index contributed by atoms with van der Waals surface area (Å²) in [5, 5.41) is 8.38. The van der Waals surface area contributed by atoms with E-state index < -0.39 is 76.2 Å². The molecule has 0 spiro atoms. The number of nitrogens with zero attached hydrogens (tertiary/aromatic N) is 4. The lowest BCUT2D eigenvalue weighted by Crippen LogP contribution is -2.43. The number of fused-ring (bicyclic) bond motifs is 1. The Morgan fingerprint density at radius 2 is 1.53 bits per heavy atom. The van der Waals surface area contributed by atoms with Crippen LogP contribution in [0.5, 0.6) is 0 Å². The number of esters is 2. The molecule has 16 nitrogen and oxygen atoms in total. The molecule has 3 rings (SSSR count). The molecule has 0 saturated carbocycles. The lowest BCUT2D eigenvalue weighted by Gasteiger charge is -2.33. The number of ether oxygens (including phenoxy) is 3. The summed E-state index contributed by atoms with van der Waals surface area (Å²) in [7, 11) is -7.36. The van der Waals surface area contributed by atoms with Gasteiger partial charge in [0.1, 0.15) is 18.4 Å². The summed E-state index contributed by atoms with van der Waals surface area (Å²) in [6.45, 7) is 15.4. The monoisotopic (exact) mass is 707 g/mol. The molecule has 47 heavy (non-hydrogen) atoms. The summed E-state index contributed by atoms with van der Waals surface area (Å²) in [5.74, 6) is -0.783. The van der Waals surface area contributed by atoms with Crippen LogP contribution in [0.15, 0.2) is 12.7 Å². The zero-order valence-corrected chi connectivity index (χ0v) is 30.3. The number of anilines is 1. The molecule has 266 valence electrons. The van der Waals surface area contributed by atoms with E-state index in [1.807, 2.05) is 6.92 Å². The minimum atomic E-state index is -3.70. The normalized spacial score (nSPS) is 25.3.